The lowest BCUT2D eigenvalue weighted by Gasteiger charge is -2.13. The van der Waals surface area contributed by atoms with Gasteiger partial charge < -0.3 is 15.4 Å². The Morgan fingerprint density at radius 1 is 1.33 bits per heavy atom. The first-order valence-corrected chi connectivity index (χ1v) is 5.55. The number of nitrogens with one attached hydrogen (secondary N) is 2. The molecule has 0 aromatic heterocycles. The quantitative estimate of drug-likeness (QED) is 0.630. The molecule has 0 rings (SSSR count). The van der Waals surface area contributed by atoms with Gasteiger partial charge >= 0.3 is 0 Å². The van der Waals surface area contributed by atoms with Crippen LogP contribution in [0.5, 0.6) is 0 Å². The van der Waals surface area contributed by atoms with Crippen molar-refractivity contribution in [2.45, 2.75) is 33.2 Å². The van der Waals surface area contributed by atoms with Crippen LogP contribution in [0.15, 0.2) is 0 Å². The zero-order chi connectivity index (χ0) is 11.7. The first-order chi connectivity index (χ1) is 7.06. The van der Waals surface area contributed by atoms with Crippen LogP contribution in [0.1, 0.15) is 27.2 Å². The van der Waals surface area contributed by atoms with Gasteiger partial charge in [-0.25, -0.2) is 0 Å². The van der Waals surface area contributed by atoms with Crippen LogP contribution in [0.3, 0.4) is 0 Å². The molecular weight excluding hydrogens is 192 g/mol. The SMILES string of the molecule is COCCC(C)NCC(=O)NCC(C)C. The summed E-state index contributed by atoms with van der Waals surface area (Å²) in [4.78, 5) is 11.3. The molecule has 1 amide bonds. The molecule has 4 nitrogen and oxygen atoms in total. The number of carbonyl (C=O) groups is 1. The number of amides is 1. The average Bonchev–Trinajstić information content (AvgIpc) is 2.20. The maximum atomic E-state index is 11.3. The highest BCUT2D eigenvalue weighted by Gasteiger charge is 2.05. The molecule has 1 unspecified atom stereocenters. The molecule has 0 aliphatic rings. The summed E-state index contributed by atoms with van der Waals surface area (Å²) in [5, 5.41) is 6.01. The summed E-state index contributed by atoms with van der Waals surface area (Å²) in [5.74, 6) is 0.563. The molecule has 0 radical (unpaired) electrons. The van der Waals surface area contributed by atoms with E-state index in [-0.39, 0.29) is 5.91 Å². The van der Waals surface area contributed by atoms with Crippen LogP contribution < -0.4 is 10.6 Å². The number of ether oxygens (including phenoxy) is 1. The molecule has 0 aliphatic carbocycles. The van der Waals surface area contributed by atoms with Crippen molar-refractivity contribution < 1.29 is 9.53 Å². The van der Waals surface area contributed by atoms with Crippen molar-refractivity contribution >= 4 is 5.91 Å². The Labute approximate surface area is 92.8 Å². The Bertz CT molecular complexity index is 172. The summed E-state index contributed by atoms with van der Waals surface area (Å²) in [6.45, 7) is 8.06. The third-order valence-electron chi connectivity index (χ3n) is 2.07. The second-order valence-corrected chi connectivity index (χ2v) is 4.26. The van der Waals surface area contributed by atoms with Crippen LogP contribution in [-0.4, -0.2) is 38.8 Å². The molecular formula is C11H24N2O2. The van der Waals surface area contributed by atoms with Gasteiger partial charge in [-0.2, -0.15) is 0 Å². The van der Waals surface area contributed by atoms with Gasteiger partial charge in [-0.3, -0.25) is 4.79 Å². The van der Waals surface area contributed by atoms with Crippen LogP contribution in [0.25, 0.3) is 0 Å². The minimum absolute atomic E-state index is 0.0629. The fraction of sp³-hybridized carbons (Fsp3) is 0.909. The molecule has 4 heteroatoms. The number of hydrogen-bond donors (Lipinski definition) is 2. The van der Waals surface area contributed by atoms with E-state index in [2.05, 4.69) is 31.4 Å². The average molecular weight is 216 g/mol. The molecule has 0 aromatic carbocycles. The standard InChI is InChI=1S/C11H24N2O2/c1-9(2)7-13-11(14)8-12-10(3)5-6-15-4/h9-10,12H,5-8H2,1-4H3,(H,13,14). The fourth-order valence-corrected chi connectivity index (χ4v) is 1.04. The largest absolute Gasteiger partial charge is 0.385 e. The second kappa shape index (κ2) is 8.68. The van der Waals surface area contributed by atoms with Gasteiger partial charge in [-0.05, 0) is 19.3 Å². The van der Waals surface area contributed by atoms with Gasteiger partial charge in [0.15, 0.2) is 0 Å². The van der Waals surface area contributed by atoms with Gasteiger partial charge in [0, 0.05) is 26.3 Å². The highest BCUT2D eigenvalue weighted by atomic mass is 16.5. The van der Waals surface area contributed by atoms with Crippen molar-refractivity contribution in [3.05, 3.63) is 0 Å². The number of hydrogen-bond acceptors (Lipinski definition) is 3. The van der Waals surface area contributed by atoms with Crippen molar-refractivity contribution in [2.75, 3.05) is 26.8 Å². The van der Waals surface area contributed by atoms with Crippen LogP contribution in [0.2, 0.25) is 0 Å². The minimum Gasteiger partial charge on any atom is -0.385 e. The van der Waals surface area contributed by atoms with Crippen molar-refractivity contribution in [3.63, 3.8) is 0 Å². The van der Waals surface area contributed by atoms with E-state index in [1.165, 1.54) is 0 Å². The maximum absolute atomic E-state index is 11.3. The molecule has 0 spiro atoms. The van der Waals surface area contributed by atoms with Gasteiger partial charge in [-0.1, -0.05) is 13.8 Å². The van der Waals surface area contributed by atoms with Gasteiger partial charge in [0.25, 0.3) is 0 Å². The Balaban J connectivity index is 3.44. The maximum Gasteiger partial charge on any atom is 0.233 e. The summed E-state index contributed by atoms with van der Waals surface area (Å²) >= 11 is 0. The number of rotatable bonds is 8. The molecule has 0 heterocycles. The minimum atomic E-state index is 0.0629. The van der Waals surface area contributed by atoms with Crippen LogP contribution in [0.4, 0.5) is 0 Å². The van der Waals surface area contributed by atoms with Crippen LogP contribution in [0, 0.1) is 5.92 Å². The van der Waals surface area contributed by atoms with E-state index >= 15 is 0 Å². The van der Waals surface area contributed by atoms with Crippen molar-refractivity contribution in [1.29, 1.82) is 0 Å². The van der Waals surface area contributed by atoms with Gasteiger partial charge in [0.1, 0.15) is 0 Å². The summed E-state index contributed by atoms with van der Waals surface area (Å²) < 4.78 is 4.96. The highest BCUT2D eigenvalue weighted by molar-refractivity contribution is 5.77. The monoisotopic (exact) mass is 216 g/mol. The van der Waals surface area contributed by atoms with E-state index < -0.39 is 0 Å². The molecule has 15 heavy (non-hydrogen) atoms. The smallest absolute Gasteiger partial charge is 0.233 e. The molecule has 1 atom stereocenters. The van der Waals surface area contributed by atoms with E-state index in [0.717, 1.165) is 19.6 Å². The molecule has 90 valence electrons. The lowest BCUT2D eigenvalue weighted by molar-refractivity contribution is -0.120. The zero-order valence-electron chi connectivity index (χ0n) is 10.3. The third kappa shape index (κ3) is 9.69. The lowest BCUT2D eigenvalue weighted by atomic mass is 10.2. The van der Waals surface area contributed by atoms with Crippen molar-refractivity contribution in [1.82, 2.24) is 10.6 Å². The Kier molecular flexibility index (Phi) is 8.33. The van der Waals surface area contributed by atoms with E-state index in [0.29, 0.717) is 18.5 Å². The number of carbonyl (C=O) groups excluding carboxylic acids is 1. The van der Waals surface area contributed by atoms with E-state index in [9.17, 15) is 4.79 Å². The molecule has 0 saturated heterocycles. The summed E-state index contributed by atoms with van der Waals surface area (Å²) in [6, 6.07) is 0.315. The number of methoxy groups -OCH3 is 1. The van der Waals surface area contributed by atoms with Crippen LogP contribution in [-0.2, 0) is 9.53 Å². The van der Waals surface area contributed by atoms with Gasteiger partial charge in [0.2, 0.25) is 5.91 Å². The highest BCUT2D eigenvalue weighted by Crippen LogP contribution is 1.90. The predicted molar refractivity (Wildman–Crippen MR) is 61.8 cm³/mol. The van der Waals surface area contributed by atoms with Crippen molar-refractivity contribution in [2.24, 2.45) is 5.92 Å². The molecule has 0 aromatic rings. The Morgan fingerprint density at radius 2 is 2.00 bits per heavy atom. The van der Waals surface area contributed by atoms with Crippen molar-refractivity contribution in [3.8, 4) is 0 Å². The summed E-state index contributed by atoms with van der Waals surface area (Å²) in [6.07, 6.45) is 0.925. The predicted octanol–water partition coefficient (Wildman–Crippen LogP) is 0.773. The first-order valence-electron chi connectivity index (χ1n) is 5.55. The van der Waals surface area contributed by atoms with Gasteiger partial charge in [-0.15, -0.1) is 0 Å². The lowest BCUT2D eigenvalue weighted by Crippen LogP contribution is -2.39. The van der Waals surface area contributed by atoms with Crippen LogP contribution >= 0.6 is 0 Å². The molecule has 2 N–H and O–H groups in total. The summed E-state index contributed by atoms with van der Waals surface area (Å²) in [5.41, 5.74) is 0. The molecule has 0 aliphatic heterocycles. The Hall–Kier alpha value is -0.610. The zero-order valence-corrected chi connectivity index (χ0v) is 10.3. The van der Waals surface area contributed by atoms with E-state index in [1.807, 2.05) is 0 Å². The topological polar surface area (TPSA) is 50.4 Å². The van der Waals surface area contributed by atoms with E-state index in [4.69, 9.17) is 4.74 Å². The molecule has 0 fully saturated rings. The van der Waals surface area contributed by atoms with Gasteiger partial charge in [0.05, 0.1) is 6.54 Å². The fourth-order valence-electron chi connectivity index (χ4n) is 1.04. The molecule has 0 saturated carbocycles. The Morgan fingerprint density at radius 3 is 2.53 bits per heavy atom. The third-order valence-corrected chi connectivity index (χ3v) is 2.07. The summed E-state index contributed by atoms with van der Waals surface area (Å²) in [7, 11) is 1.68. The normalized spacial score (nSPS) is 12.9. The first kappa shape index (κ1) is 14.4. The molecule has 0 bridgehead atoms. The second-order valence-electron chi connectivity index (χ2n) is 4.26. The van der Waals surface area contributed by atoms with E-state index in [1.54, 1.807) is 7.11 Å².